The summed E-state index contributed by atoms with van der Waals surface area (Å²) in [6.45, 7) is -2.85. The summed E-state index contributed by atoms with van der Waals surface area (Å²) in [7, 11) is 0. The van der Waals surface area contributed by atoms with Gasteiger partial charge in [-0.05, 0) is 59.7 Å². The van der Waals surface area contributed by atoms with E-state index in [1.54, 1.807) is 18.3 Å². The molecule has 0 bridgehead atoms. The van der Waals surface area contributed by atoms with Gasteiger partial charge in [-0.2, -0.15) is 23.7 Å². The topological polar surface area (TPSA) is 55.2 Å². The van der Waals surface area contributed by atoms with E-state index in [4.69, 9.17) is 12.2 Å². The van der Waals surface area contributed by atoms with E-state index in [0.717, 1.165) is 10.0 Å². The fourth-order valence-electron chi connectivity index (χ4n) is 2.20. The van der Waals surface area contributed by atoms with E-state index >= 15 is 0 Å². The Morgan fingerprint density at radius 3 is 2.54 bits per heavy atom. The van der Waals surface area contributed by atoms with Crippen LogP contribution in [0.5, 0.6) is 5.75 Å². The summed E-state index contributed by atoms with van der Waals surface area (Å²) in [4.78, 5) is 0. The quantitative estimate of drug-likeness (QED) is 0.445. The van der Waals surface area contributed by atoms with Gasteiger partial charge in [-0.25, -0.2) is 0 Å². The Balaban J connectivity index is 1.77. The zero-order valence-corrected chi connectivity index (χ0v) is 15.7. The molecule has 0 aliphatic heterocycles. The highest BCUT2D eigenvalue weighted by Gasteiger charge is 2.07. The van der Waals surface area contributed by atoms with Crippen molar-refractivity contribution in [1.29, 1.82) is 0 Å². The highest BCUT2D eigenvalue weighted by atomic mass is 79.9. The number of rotatable bonds is 6. The van der Waals surface area contributed by atoms with Crippen molar-refractivity contribution in [3.63, 3.8) is 0 Å². The van der Waals surface area contributed by atoms with Crippen molar-refractivity contribution in [3.05, 3.63) is 74.7 Å². The summed E-state index contributed by atoms with van der Waals surface area (Å²) in [5.41, 5.74) is 1.77. The summed E-state index contributed by atoms with van der Waals surface area (Å²) < 4.78 is 31.5. The van der Waals surface area contributed by atoms with Gasteiger partial charge in [0.15, 0.2) is 5.82 Å². The Hall–Kier alpha value is -2.39. The van der Waals surface area contributed by atoms with Crippen LogP contribution in [0.1, 0.15) is 17.0 Å². The fraction of sp³-hybridized carbons (Fsp3) is 0.118. The lowest BCUT2D eigenvalue weighted by molar-refractivity contribution is -0.0498. The number of ether oxygens (including phenoxy) is 1. The van der Waals surface area contributed by atoms with Gasteiger partial charge in [0.25, 0.3) is 0 Å². The molecule has 0 saturated heterocycles. The number of hydrogen-bond donors (Lipinski definition) is 1. The molecule has 3 rings (SSSR count). The number of aromatic amines is 1. The second kappa shape index (κ2) is 8.33. The molecule has 3 aromatic rings. The van der Waals surface area contributed by atoms with Crippen LogP contribution in [0.3, 0.4) is 0 Å². The molecule has 2 aromatic carbocycles. The number of hydrogen-bond acceptors (Lipinski definition) is 4. The summed E-state index contributed by atoms with van der Waals surface area (Å²) >= 11 is 8.61. The molecule has 1 aromatic heterocycles. The number of benzene rings is 2. The maximum Gasteiger partial charge on any atom is 0.387 e. The highest BCUT2D eigenvalue weighted by Crippen LogP contribution is 2.15. The van der Waals surface area contributed by atoms with Crippen LogP contribution in [-0.4, -0.2) is 27.7 Å². The van der Waals surface area contributed by atoms with Crippen molar-refractivity contribution in [3.8, 4) is 5.75 Å². The van der Waals surface area contributed by atoms with Crippen LogP contribution in [0.25, 0.3) is 0 Å². The van der Waals surface area contributed by atoms with Crippen LogP contribution in [0.2, 0.25) is 0 Å². The lowest BCUT2D eigenvalue weighted by Gasteiger charge is -2.04. The Morgan fingerprint density at radius 1 is 1.19 bits per heavy atom. The first-order valence-corrected chi connectivity index (χ1v) is 8.71. The second-order valence-electron chi connectivity index (χ2n) is 5.25. The van der Waals surface area contributed by atoms with Gasteiger partial charge in [-0.15, -0.1) is 0 Å². The van der Waals surface area contributed by atoms with Gasteiger partial charge in [0, 0.05) is 10.9 Å². The van der Waals surface area contributed by atoms with Crippen molar-refractivity contribution < 1.29 is 13.5 Å². The van der Waals surface area contributed by atoms with Gasteiger partial charge >= 0.3 is 6.61 Å². The SMILES string of the molecule is FC(F)Oc1ccc(/C=N\n2c(Cc3ccc(Br)cc3)n[nH]c2=S)cc1. The van der Waals surface area contributed by atoms with Crippen LogP contribution in [0.15, 0.2) is 58.1 Å². The molecular formula is C17H13BrF2N4OS. The summed E-state index contributed by atoms with van der Waals surface area (Å²) in [5.74, 6) is 0.749. The molecule has 26 heavy (non-hydrogen) atoms. The van der Waals surface area contributed by atoms with Crippen molar-refractivity contribution in [2.24, 2.45) is 5.10 Å². The number of nitrogens with zero attached hydrogens (tertiary/aromatic N) is 3. The first-order valence-electron chi connectivity index (χ1n) is 7.51. The van der Waals surface area contributed by atoms with Crippen LogP contribution in [0, 0.1) is 4.77 Å². The molecule has 0 spiro atoms. The van der Waals surface area contributed by atoms with E-state index in [0.29, 0.717) is 22.6 Å². The molecule has 0 fully saturated rings. The average molecular weight is 439 g/mol. The Kier molecular flexibility index (Phi) is 5.89. The predicted octanol–water partition coefficient (Wildman–Crippen LogP) is 4.78. The third-order valence-electron chi connectivity index (χ3n) is 3.42. The van der Waals surface area contributed by atoms with Crippen molar-refractivity contribution in [2.75, 3.05) is 0 Å². The van der Waals surface area contributed by atoms with Gasteiger partial charge in [0.05, 0.1) is 6.21 Å². The number of alkyl halides is 2. The fourth-order valence-corrected chi connectivity index (χ4v) is 2.66. The average Bonchev–Trinajstić information content (AvgIpc) is 2.96. The zero-order chi connectivity index (χ0) is 18.5. The minimum absolute atomic E-state index is 0.0907. The van der Waals surface area contributed by atoms with Crippen LogP contribution in [0.4, 0.5) is 8.78 Å². The standard InChI is InChI=1S/C17H13BrF2N4OS/c18-13-5-1-11(2-6-13)9-15-22-23-17(26)24(15)21-10-12-3-7-14(8-4-12)25-16(19)20/h1-8,10,16H,9H2,(H,23,26)/b21-10-. The first-order chi connectivity index (χ1) is 12.5. The van der Waals surface area contributed by atoms with E-state index in [9.17, 15) is 8.78 Å². The molecule has 0 atom stereocenters. The van der Waals surface area contributed by atoms with Gasteiger partial charge in [-0.3, -0.25) is 5.10 Å². The molecule has 0 aliphatic rings. The van der Waals surface area contributed by atoms with Crippen LogP contribution >= 0.6 is 28.1 Å². The van der Waals surface area contributed by atoms with Gasteiger partial charge in [-0.1, -0.05) is 28.1 Å². The molecule has 9 heteroatoms. The monoisotopic (exact) mass is 438 g/mol. The molecule has 0 saturated carbocycles. The summed E-state index contributed by atoms with van der Waals surface area (Å²) in [6.07, 6.45) is 2.13. The maximum absolute atomic E-state index is 12.2. The summed E-state index contributed by atoms with van der Waals surface area (Å²) in [6, 6.07) is 14.0. The van der Waals surface area contributed by atoms with E-state index in [1.807, 2.05) is 24.3 Å². The molecule has 1 N–H and O–H groups in total. The van der Waals surface area contributed by atoms with Crippen molar-refractivity contribution in [1.82, 2.24) is 14.9 Å². The molecular weight excluding hydrogens is 426 g/mol. The van der Waals surface area contributed by atoms with Gasteiger partial charge < -0.3 is 4.74 Å². The highest BCUT2D eigenvalue weighted by molar-refractivity contribution is 9.10. The Morgan fingerprint density at radius 2 is 1.88 bits per heavy atom. The molecule has 0 unspecified atom stereocenters. The third-order valence-corrected chi connectivity index (χ3v) is 4.21. The predicted molar refractivity (Wildman–Crippen MR) is 100 cm³/mol. The lowest BCUT2D eigenvalue weighted by atomic mass is 10.1. The third kappa shape index (κ3) is 4.83. The van der Waals surface area contributed by atoms with Crippen molar-refractivity contribution >= 4 is 34.4 Å². The number of halogens is 3. The smallest absolute Gasteiger partial charge is 0.387 e. The lowest BCUT2D eigenvalue weighted by Crippen LogP contribution is -2.02. The maximum atomic E-state index is 12.2. The Bertz CT molecular complexity index is 952. The largest absolute Gasteiger partial charge is 0.435 e. The van der Waals surface area contributed by atoms with Crippen molar-refractivity contribution in [2.45, 2.75) is 13.0 Å². The van der Waals surface area contributed by atoms with Crippen LogP contribution in [-0.2, 0) is 6.42 Å². The van der Waals surface area contributed by atoms with E-state index < -0.39 is 6.61 Å². The second-order valence-corrected chi connectivity index (χ2v) is 6.55. The molecule has 134 valence electrons. The van der Waals surface area contributed by atoms with E-state index in [2.05, 4.69) is 36.0 Å². The molecule has 5 nitrogen and oxygen atoms in total. The first kappa shape index (κ1) is 18.4. The molecule has 0 amide bonds. The number of nitrogens with one attached hydrogen (secondary N) is 1. The Labute approximate surface area is 161 Å². The van der Waals surface area contributed by atoms with E-state index in [1.165, 1.54) is 16.8 Å². The molecule has 1 heterocycles. The molecule has 0 radical (unpaired) electrons. The van der Waals surface area contributed by atoms with Crippen LogP contribution < -0.4 is 4.74 Å². The number of H-pyrrole nitrogens is 1. The normalized spacial score (nSPS) is 11.4. The minimum atomic E-state index is -2.85. The zero-order valence-electron chi connectivity index (χ0n) is 13.3. The van der Waals surface area contributed by atoms with Gasteiger partial charge in [0.2, 0.25) is 4.77 Å². The minimum Gasteiger partial charge on any atom is -0.435 e. The number of aromatic nitrogens is 3. The van der Waals surface area contributed by atoms with Gasteiger partial charge in [0.1, 0.15) is 5.75 Å². The van der Waals surface area contributed by atoms with E-state index in [-0.39, 0.29) is 5.75 Å². The summed E-state index contributed by atoms with van der Waals surface area (Å²) in [5, 5.41) is 11.3. The molecule has 0 aliphatic carbocycles.